The van der Waals surface area contributed by atoms with Crippen molar-refractivity contribution in [2.45, 2.75) is 32.5 Å². The second-order valence-corrected chi connectivity index (χ2v) is 8.00. The molecule has 0 saturated carbocycles. The van der Waals surface area contributed by atoms with Crippen molar-refractivity contribution in [3.05, 3.63) is 106 Å². The van der Waals surface area contributed by atoms with Crippen LogP contribution in [0.2, 0.25) is 5.02 Å². The molecule has 2 amide bonds. The fourth-order valence-corrected chi connectivity index (χ4v) is 4.01. The normalized spacial score (nSPS) is 13.8. The second-order valence-electron chi connectivity index (χ2n) is 7.59. The highest BCUT2D eigenvalue weighted by molar-refractivity contribution is 6.31. The van der Waals surface area contributed by atoms with Crippen LogP contribution in [0, 0.1) is 6.92 Å². The first-order chi connectivity index (χ1) is 14.5. The largest absolute Gasteiger partial charge is 0.352 e. The zero-order chi connectivity index (χ0) is 21.1. The summed E-state index contributed by atoms with van der Waals surface area (Å²) in [4.78, 5) is 27.7. The summed E-state index contributed by atoms with van der Waals surface area (Å²) in [6.45, 7) is 2.88. The lowest BCUT2D eigenvalue weighted by atomic mass is 10.00. The van der Waals surface area contributed by atoms with Gasteiger partial charge in [0.05, 0.1) is 12.5 Å². The van der Waals surface area contributed by atoms with Crippen molar-refractivity contribution in [3.8, 4) is 0 Å². The predicted molar refractivity (Wildman–Crippen MR) is 118 cm³/mol. The molecule has 0 radical (unpaired) electrons. The molecule has 0 fully saturated rings. The van der Waals surface area contributed by atoms with Crippen LogP contribution >= 0.6 is 11.6 Å². The molecule has 0 bridgehead atoms. The Balaban J connectivity index is 1.54. The number of rotatable bonds is 6. The average Bonchev–Trinajstić information content (AvgIpc) is 3.09. The number of nitrogens with zero attached hydrogens (tertiary/aromatic N) is 1. The van der Waals surface area contributed by atoms with Crippen LogP contribution in [0.4, 0.5) is 0 Å². The fourth-order valence-electron chi connectivity index (χ4n) is 3.81. The van der Waals surface area contributed by atoms with Crippen molar-refractivity contribution in [2.24, 2.45) is 0 Å². The Morgan fingerprint density at radius 1 is 1.03 bits per heavy atom. The Morgan fingerprint density at radius 2 is 1.73 bits per heavy atom. The molecule has 0 aromatic heterocycles. The van der Waals surface area contributed by atoms with Gasteiger partial charge in [-0.2, -0.15) is 0 Å². The molecule has 0 saturated heterocycles. The number of carbonyl (C=O) groups is 2. The van der Waals surface area contributed by atoms with Crippen molar-refractivity contribution in [1.29, 1.82) is 0 Å². The summed E-state index contributed by atoms with van der Waals surface area (Å²) in [6, 6.07) is 22.8. The lowest BCUT2D eigenvalue weighted by Gasteiger charge is -2.28. The lowest BCUT2D eigenvalue weighted by molar-refractivity contribution is -0.122. The number of hydrogen-bond acceptors (Lipinski definition) is 2. The molecule has 1 heterocycles. The van der Waals surface area contributed by atoms with Crippen molar-refractivity contribution in [1.82, 2.24) is 10.2 Å². The third-order valence-electron chi connectivity index (χ3n) is 5.50. The molecule has 5 heteroatoms. The third kappa shape index (κ3) is 4.24. The average molecular weight is 419 g/mol. The molecule has 1 N–H and O–H groups in total. The smallest absolute Gasteiger partial charge is 0.255 e. The van der Waals surface area contributed by atoms with Crippen LogP contribution < -0.4 is 5.32 Å². The Labute approximate surface area is 181 Å². The predicted octanol–water partition coefficient (Wildman–Crippen LogP) is 5.05. The topological polar surface area (TPSA) is 49.4 Å². The molecule has 0 spiro atoms. The van der Waals surface area contributed by atoms with Crippen LogP contribution in [0.5, 0.6) is 0 Å². The van der Waals surface area contributed by atoms with Gasteiger partial charge in [-0.1, -0.05) is 77.8 Å². The van der Waals surface area contributed by atoms with Crippen LogP contribution in [-0.2, 0) is 17.9 Å². The highest BCUT2D eigenvalue weighted by Gasteiger charge is 2.34. The maximum Gasteiger partial charge on any atom is 0.255 e. The summed E-state index contributed by atoms with van der Waals surface area (Å²) in [7, 11) is 0. The summed E-state index contributed by atoms with van der Waals surface area (Å²) >= 11 is 6.19. The van der Waals surface area contributed by atoms with Gasteiger partial charge in [-0.3, -0.25) is 9.59 Å². The molecular weight excluding hydrogens is 396 g/mol. The number of benzene rings is 3. The van der Waals surface area contributed by atoms with E-state index in [0.717, 1.165) is 22.3 Å². The number of halogens is 1. The minimum Gasteiger partial charge on any atom is -0.352 e. The van der Waals surface area contributed by atoms with Gasteiger partial charge in [0.15, 0.2) is 0 Å². The van der Waals surface area contributed by atoms with Gasteiger partial charge in [-0.15, -0.1) is 0 Å². The number of hydrogen-bond donors (Lipinski definition) is 1. The highest BCUT2D eigenvalue weighted by atomic mass is 35.5. The number of fused-ring (bicyclic) bond motifs is 1. The van der Waals surface area contributed by atoms with E-state index >= 15 is 0 Å². The van der Waals surface area contributed by atoms with E-state index in [1.54, 1.807) is 11.0 Å². The first kappa shape index (κ1) is 20.2. The maximum atomic E-state index is 13.1. The molecule has 0 aliphatic carbocycles. The first-order valence-corrected chi connectivity index (χ1v) is 10.4. The second kappa shape index (κ2) is 8.72. The van der Waals surface area contributed by atoms with E-state index in [-0.39, 0.29) is 24.3 Å². The van der Waals surface area contributed by atoms with Crippen molar-refractivity contribution >= 4 is 23.4 Å². The van der Waals surface area contributed by atoms with Crippen molar-refractivity contribution in [2.75, 3.05) is 0 Å². The lowest BCUT2D eigenvalue weighted by Crippen LogP contribution is -2.34. The van der Waals surface area contributed by atoms with Crippen LogP contribution in [-0.4, -0.2) is 16.7 Å². The van der Waals surface area contributed by atoms with Gasteiger partial charge in [-0.05, 0) is 35.7 Å². The van der Waals surface area contributed by atoms with Crippen LogP contribution in [0.25, 0.3) is 0 Å². The molecule has 4 rings (SSSR count). The maximum absolute atomic E-state index is 13.1. The number of carbonyl (C=O) groups excluding carboxylic acids is 2. The minimum absolute atomic E-state index is 0.0323. The molecule has 4 nitrogen and oxygen atoms in total. The van der Waals surface area contributed by atoms with Gasteiger partial charge in [0.2, 0.25) is 5.91 Å². The number of aryl methyl sites for hydroxylation is 1. The van der Waals surface area contributed by atoms with Gasteiger partial charge in [-0.25, -0.2) is 0 Å². The van der Waals surface area contributed by atoms with Gasteiger partial charge in [0.1, 0.15) is 0 Å². The fraction of sp³-hybridized carbons (Fsp3) is 0.200. The van der Waals surface area contributed by atoms with Crippen LogP contribution in [0.1, 0.15) is 45.1 Å². The molecule has 0 unspecified atom stereocenters. The number of nitrogens with one attached hydrogen (secondary N) is 1. The quantitative estimate of drug-likeness (QED) is 0.608. The molecule has 1 atom stereocenters. The van der Waals surface area contributed by atoms with Gasteiger partial charge < -0.3 is 10.2 Å². The van der Waals surface area contributed by atoms with Gasteiger partial charge >= 0.3 is 0 Å². The summed E-state index contributed by atoms with van der Waals surface area (Å²) < 4.78 is 0. The van der Waals surface area contributed by atoms with E-state index in [9.17, 15) is 9.59 Å². The Kier molecular flexibility index (Phi) is 5.86. The number of amides is 2. The molecule has 30 heavy (non-hydrogen) atoms. The Hall–Kier alpha value is -3.11. The van der Waals surface area contributed by atoms with Crippen molar-refractivity contribution < 1.29 is 9.59 Å². The van der Waals surface area contributed by atoms with E-state index in [4.69, 9.17) is 11.6 Å². The Bertz CT molecular complexity index is 1080. The Morgan fingerprint density at radius 3 is 2.47 bits per heavy atom. The summed E-state index contributed by atoms with van der Waals surface area (Å²) in [5, 5.41) is 3.57. The molecule has 3 aromatic rings. The minimum atomic E-state index is -0.336. The third-order valence-corrected chi connectivity index (χ3v) is 5.87. The summed E-state index contributed by atoms with van der Waals surface area (Å²) in [6.07, 6.45) is 0.188. The highest BCUT2D eigenvalue weighted by Crippen LogP contribution is 2.33. The first-order valence-electron chi connectivity index (χ1n) is 9.98. The monoisotopic (exact) mass is 418 g/mol. The van der Waals surface area contributed by atoms with E-state index in [2.05, 4.69) is 5.32 Å². The van der Waals surface area contributed by atoms with Gasteiger partial charge in [0.25, 0.3) is 5.91 Å². The van der Waals surface area contributed by atoms with E-state index in [1.165, 1.54) is 0 Å². The summed E-state index contributed by atoms with van der Waals surface area (Å²) in [5.41, 5.74) is 4.66. The van der Waals surface area contributed by atoms with Crippen LogP contribution in [0.3, 0.4) is 0 Å². The SMILES string of the molecule is Cc1ccc([C@H](CC(=O)NCc2ccccc2Cl)N2Cc3ccccc3C2=O)cc1. The molecule has 152 valence electrons. The van der Waals surface area contributed by atoms with E-state index in [1.807, 2.05) is 73.7 Å². The molecule has 1 aliphatic heterocycles. The zero-order valence-electron chi connectivity index (χ0n) is 16.8. The van der Waals surface area contributed by atoms with Gasteiger partial charge in [0, 0.05) is 23.7 Å². The molecule has 1 aliphatic rings. The van der Waals surface area contributed by atoms with Crippen molar-refractivity contribution in [3.63, 3.8) is 0 Å². The standard InChI is InChI=1S/C25H23ClN2O2/c1-17-10-12-18(13-11-17)23(28-16-20-7-2-4-8-21(20)25(28)30)14-24(29)27-15-19-6-3-5-9-22(19)26/h2-13,23H,14-16H2,1H3,(H,27,29)/t23-/m0/s1. The van der Waals surface area contributed by atoms with E-state index in [0.29, 0.717) is 23.7 Å². The summed E-state index contributed by atoms with van der Waals surface area (Å²) in [5.74, 6) is -0.153. The molecular formula is C25H23ClN2O2. The zero-order valence-corrected chi connectivity index (χ0v) is 17.5. The molecule has 3 aromatic carbocycles. The van der Waals surface area contributed by atoms with E-state index < -0.39 is 0 Å². The van der Waals surface area contributed by atoms with Crippen LogP contribution in [0.15, 0.2) is 72.8 Å².